The molecule has 0 spiro atoms. The van der Waals surface area contributed by atoms with Gasteiger partial charge in [0.1, 0.15) is 0 Å². The number of nitrogens with zero attached hydrogens (tertiary/aromatic N) is 1. The summed E-state index contributed by atoms with van der Waals surface area (Å²) in [5, 5.41) is 0. The van der Waals surface area contributed by atoms with Crippen molar-refractivity contribution in [3.63, 3.8) is 0 Å². The van der Waals surface area contributed by atoms with Gasteiger partial charge in [-0.1, -0.05) is 26.7 Å². The molecular weight excluding hydrogens is 212 g/mol. The molecule has 1 rings (SSSR count). The predicted molar refractivity (Wildman–Crippen MR) is 65.2 cm³/mol. The van der Waals surface area contributed by atoms with Gasteiger partial charge >= 0.3 is 6.03 Å². The number of hydrogen-bond acceptors (Lipinski definition) is 1. The highest BCUT2D eigenvalue weighted by atomic mass is 35.5. The second-order valence-corrected chi connectivity index (χ2v) is 4.46. The van der Waals surface area contributed by atoms with Gasteiger partial charge < -0.3 is 10.6 Å². The Morgan fingerprint density at radius 3 is 2.60 bits per heavy atom. The van der Waals surface area contributed by atoms with Crippen molar-refractivity contribution in [1.82, 2.24) is 4.90 Å². The lowest BCUT2D eigenvalue weighted by Gasteiger charge is -2.35. The number of hydrogen-bond donors (Lipinski definition) is 1. The van der Waals surface area contributed by atoms with Gasteiger partial charge in [-0.3, -0.25) is 0 Å². The van der Waals surface area contributed by atoms with Crippen molar-refractivity contribution in [2.45, 2.75) is 52.0 Å². The van der Waals surface area contributed by atoms with Crippen molar-refractivity contribution in [2.24, 2.45) is 11.7 Å². The Bertz CT molecular complexity index is 199. The Balaban J connectivity index is 0.00000196. The summed E-state index contributed by atoms with van der Waals surface area (Å²) in [6.07, 6.45) is 5.79. The van der Waals surface area contributed by atoms with Crippen molar-refractivity contribution in [3.8, 4) is 0 Å². The minimum absolute atomic E-state index is 0. The average Bonchev–Trinajstić information content (AvgIpc) is 2.13. The summed E-state index contributed by atoms with van der Waals surface area (Å²) in [6, 6.07) is 0.155. The van der Waals surface area contributed by atoms with E-state index in [1.807, 2.05) is 4.90 Å². The highest BCUT2D eigenvalue weighted by molar-refractivity contribution is 5.85. The molecule has 0 heterocycles. The number of halogens is 1. The van der Waals surface area contributed by atoms with Crippen LogP contribution in [0.3, 0.4) is 0 Å². The highest BCUT2D eigenvalue weighted by Gasteiger charge is 2.25. The number of primary amides is 1. The first-order chi connectivity index (χ1) is 6.65. The van der Waals surface area contributed by atoms with Crippen LogP contribution in [0.5, 0.6) is 0 Å². The molecule has 1 saturated carbocycles. The number of urea groups is 1. The second-order valence-electron chi connectivity index (χ2n) is 4.46. The molecule has 4 heteroatoms. The molecule has 2 unspecified atom stereocenters. The van der Waals surface area contributed by atoms with Crippen LogP contribution in [0.2, 0.25) is 0 Å². The van der Waals surface area contributed by atoms with Crippen LogP contribution < -0.4 is 5.73 Å². The largest absolute Gasteiger partial charge is 0.351 e. The third-order valence-corrected chi connectivity index (χ3v) is 3.10. The molecule has 0 aromatic heterocycles. The molecule has 0 aromatic carbocycles. The van der Waals surface area contributed by atoms with Crippen molar-refractivity contribution in [3.05, 3.63) is 0 Å². The van der Waals surface area contributed by atoms with Crippen LogP contribution in [0.4, 0.5) is 4.79 Å². The fraction of sp³-hybridized carbons (Fsp3) is 0.909. The monoisotopic (exact) mass is 234 g/mol. The van der Waals surface area contributed by atoms with Crippen LogP contribution in [0, 0.1) is 5.92 Å². The summed E-state index contributed by atoms with van der Waals surface area (Å²) >= 11 is 0. The van der Waals surface area contributed by atoms with Crippen molar-refractivity contribution in [1.29, 1.82) is 0 Å². The van der Waals surface area contributed by atoms with Crippen molar-refractivity contribution < 1.29 is 4.79 Å². The molecule has 0 radical (unpaired) electrons. The quantitative estimate of drug-likeness (QED) is 0.802. The third-order valence-electron chi connectivity index (χ3n) is 3.10. The molecule has 0 aromatic rings. The molecule has 1 fully saturated rings. The van der Waals surface area contributed by atoms with Gasteiger partial charge in [0.05, 0.1) is 0 Å². The molecule has 90 valence electrons. The Hall–Kier alpha value is -0.440. The van der Waals surface area contributed by atoms with Crippen LogP contribution in [-0.4, -0.2) is 23.5 Å². The van der Waals surface area contributed by atoms with Crippen LogP contribution >= 0.6 is 12.4 Å². The van der Waals surface area contributed by atoms with Gasteiger partial charge in [0, 0.05) is 12.6 Å². The van der Waals surface area contributed by atoms with Gasteiger partial charge in [-0.2, -0.15) is 0 Å². The standard InChI is InChI=1S/C11H22N2O.ClH/c1-3-7-13(11(12)14)10-6-4-5-9(2)8-10;/h9-10H,3-8H2,1-2H3,(H2,12,14);1H. The van der Waals surface area contributed by atoms with Gasteiger partial charge in [0.2, 0.25) is 0 Å². The molecule has 3 nitrogen and oxygen atoms in total. The number of amides is 2. The topological polar surface area (TPSA) is 46.3 Å². The maximum absolute atomic E-state index is 11.2. The summed E-state index contributed by atoms with van der Waals surface area (Å²) in [5.74, 6) is 0.743. The minimum atomic E-state index is -0.244. The average molecular weight is 235 g/mol. The molecule has 2 N–H and O–H groups in total. The summed E-state index contributed by atoms with van der Waals surface area (Å²) < 4.78 is 0. The van der Waals surface area contributed by atoms with Crippen molar-refractivity contribution in [2.75, 3.05) is 6.54 Å². The van der Waals surface area contributed by atoms with E-state index >= 15 is 0 Å². The number of rotatable bonds is 3. The van der Waals surface area contributed by atoms with E-state index in [4.69, 9.17) is 5.73 Å². The minimum Gasteiger partial charge on any atom is -0.351 e. The first-order valence-electron chi connectivity index (χ1n) is 5.71. The summed E-state index contributed by atoms with van der Waals surface area (Å²) in [7, 11) is 0. The molecule has 1 aliphatic rings. The van der Waals surface area contributed by atoms with E-state index in [-0.39, 0.29) is 18.4 Å². The van der Waals surface area contributed by atoms with Crippen LogP contribution in [-0.2, 0) is 0 Å². The zero-order valence-corrected chi connectivity index (χ0v) is 10.6. The molecular formula is C11H23ClN2O. The molecule has 2 atom stereocenters. The Labute approximate surface area is 98.8 Å². The molecule has 0 bridgehead atoms. The van der Waals surface area contributed by atoms with E-state index in [1.54, 1.807) is 0 Å². The zero-order chi connectivity index (χ0) is 10.6. The van der Waals surface area contributed by atoms with Gasteiger partial charge in [-0.15, -0.1) is 12.4 Å². The van der Waals surface area contributed by atoms with E-state index in [0.717, 1.165) is 31.7 Å². The number of carbonyl (C=O) groups excluding carboxylic acids is 1. The van der Waals surface area contributed by atoms with Crippen molar-refractivity contribution >= 4 is 18.4 Å². The fourth-order valence-corrected chi connectivity index (χ4v) is 2.40. The summed E-state index contributed by atoms with van der Waals surface area (Å²) in [4.78, 5) is 13.1. The molecule has 1 aliphatic carbocycles. The first-order valence-corrected chi connectivity index (χ1v) is 5.71. The lowest BCUT2D eigenvalue weighted by molar-refractivity contribution is 0.149. The predicted octanol–water partition coefficient (Wildman–Crippen LogP) is 2.78. The lowest BCUT2D eigenvalue weighted by atomic mass is 9.86. The normalized spacial score (nSPS) is 25.5. The maximum atomic E-state index is 11.2. The Kier molecular flexibility index (Phi) is 6.73. The summed E-state index contributed by atoms with van der Waals surface area (Å²) in [6.45, 7) is 5.16. The van der Waals surface area contributed by atoms with E-state index in [0.29, 0.717) is 6.04 Å². The van der Waals surface area contributed by atoms with Crippen LogP contribution in [0.15, 0.2) is 0 Å². The Morgan fingerprint density at radius 2 is 2.13 bits per heavy atom. The molecule has 0 aliphatic heterocycles. The molecule has 15 heavy (non-hydrogen) atoms. The second kappa shape index (κ2) is 6.94. The van der Waals surface area contributed by atoms with Gasteiger partial charge in [0.15, 0.2) is 0 Å². The van der Waals surface area contributed by atoms with Gasteiger partial charge in [0.25, 0.3) is 0 Å². The zero-order valence-electron chi connectivity index (χ0n) is 9.74. The van der Waals surface area contributed by atoms with Gasteiger partial charge in [-0.05, 0) is 25.2 Å². The fourth-order valence-electron chi connectivity index (χ4n) is 2.40. The van der Waals surface area contributed by atoms with Crippen LogP contribution in [0.1, 0.15) is 46.0 Å². The lowest BCUT2D eigenvalue weighted by Crippen LogP contribution is -2.45. The highest BCUT2D eigenvalue weighted by Crippen LogP contribution is 2.27. The van der Waals surface area contributed by atoms with E-state index in [9.17, 15) is 4.79 Å². The van der Waals surface area contributed by atoms with Crippen LogP contribution in [0.25, 0.3) is 0 Å². The van der Waals surface area contributed by atoms with E-state index in [2.05, 4.69) is 13.8 Å². The number of carbonyl (C=O) groups is 1. The van der Waals surface area contributed by atoms with E-state index < -0.39 is 0 Å². The van der Waals surface area contributed by atoms with E-state index in [1.165, 1.54) is 12.8 Å². The number of nitrogens with two attached hydrogens (primary N) is 1. The first kappa shape index (κ1) is 14.6. The SMILES string of the molecule is CCCN(C(N)=O)C1CCCC(C)C1.Cl. The smallest absolute Gasteiger partial charge is 0.315 e. The Morgan fingerprint density at radius 1 is 1.47 bits per heavy atom. The molecule has 2 amide bonds. The summed E-state index contributed by atoms with van der Waals surface area (Å²) in [5.41, 5.74) is 5.39. The third kappa shape index (κ3) is 4.29. The maximum Gasteiger partial charge on any atom is 0.315 e. The van der Waals surface area contributed by atoms with Gasteiger partial charge in [-0.25, -0.2) is 4.79 Å². The molecule has 0 saturated heterocycles.